The summed E-state index contributed by atoms with van der Waals surface area (Å²) in [6, 6.07) is 5.48. The van der Waals surface area contributed by atoms with E-state index >= 15 is 0 Å². The Morgan fingerprint density at radius 3 is 2.90 bits per heavy atom. The van der Waals surface area contributed by atoms with Gasteiger partial charge in [0.2, 0.25) is 11.8 Å². The number of amides is 2. The molecule has 1 atom stereocenters. The number of aryl methyl sites for hydroxylation is 1. The fraction of sp³-hybridized carbons (Fsp3) is 0.467. The number of carbonyl (C=O) groups excluding carboxylic acids is 2. The first-order valence-electron chi connectivity index (χ1n) is 7.05. The number of rotatable bonds is 6. The van der Waals surface area contributed by atoms with Crippen molar-refractivity contribution < 1.29 is 14.3 Å². The molecular weight excluding hydrogens is 270 g/mol. The van der Waals surface area contributed by atoms with Crippen molar-refractivity contribution in [2.75, 3.05) is 18.5 Å². The lowest BCUT2D eigenvalue weighted by Crippen LogP contribution is -2.57. The third-order valence-corrected chi connectivity index (χ3v) is 3.61. The normalized spacial score (nSPS) is 16.6. The van der Waals surface area contributed by atoms with E-state index in [1.807, 2.05) is 19.1 Å². The van der Waals surface area contributed by atoms with Crippen molar-refractivity contribution in [3.63, 3.8) is 0 Å². The van der Waals surface area contributed by atoms with Crippen LogP contribution in [0.5, 0.6) is 5.75 Å². The van der Waals surface area contributed by atoms with Crippen molar-refractivity contribution in [2.45, 2.75) is 32.2 Å². The molecule has 1 aromatic rings. The largest absolute Gasteiger partial charge is 0.491 e. The summed E-state index contributed by atoms with van der Waals surface area (Å²) in [6.45, 7) is 4.40. The molecule has 0 spiro atoms. The lowest BCUT2D eigenvalue weighted by molar-refractivity contribution is -0.125. The zero-order chi connectivity index (χ0) is 15.5. The van der Waals surface area contributed by atoms with Gasteiger partial charge in [0.1, 0.15) is 17.9 Å². The van der Waals surface area contributed by atoms with Gasteiger partial charge in [0.25, 0.3) is 0 Å². The van der Waals surface area contributed by atoms with Crippen LogP contribution >= 0.6 is 0 Å². The van der Waals surface area contributed by atoms with Crippen molar-refractivity contribution in [3.05, 3.63) is 23.8 Å². The molecule has 1 unspecified atom stereocenters. The molecule has 1 heterocycles. The number of anilines is 1. The standard InChI is InChI=1S/C15H21N3O3/c1-3-17-15(2,14(16)20)9-21-11-5-6-12-10(8-11)4-7-13(19)18-12/h5-6,8,17H,3-4,7,9H2,1-2H3,(H2,16,20)(H,18,19). The summed E-state index contributed by atoms with van der Waals surface area (Å²) in [5.41, 5.74) is 6.37. The molecule has 1 aliphatic rings. The number of nitrogens with one attached hydrogen (secondary N) is 2. The molecule has 114 valence electrons. The maximum absolute atomic E-state index is 11.5. The Kier molecular flexibility index (Phi) is 4.47. The Balaban J connectivity index is 2.07. The van der Waals surface area contributed by atoms with Gasteiger partial charge < -0.3 is 21.1 Å². The topological polar surface area (TPSA) is 93.4 Å². The molecule has 0 aromatic heterocycles. The Morgan fingerprint density at radius 2 is 2.24 bits per heavy atom. The molecule has 0 saturated heterocycles. The zero-order valence-electron chi connectivity index (χ0n) is 12.4. The first-order valence-corrected chi connectivity index (χ1v) is 7.05. The Hall–Kier alpha value is -2.08. The molecule has 0 radical (unpaired) electrons. The Labute approximate surface area is 124 Å². The maximum Gasteiger partial charge on any atom is 0.240 e. The van der Waals surface area contributed by atoms with Crippen LogP contribution in [-0.4, -0.2) is 30.5 Å². The van der Waals surface area contributed by atoms with E-state index in [9.17, 15) is 9.59 Å². The predicted octanol–water partition coefficient (Wildman–Crippen LogP) is 0.804. The quantitative estimate of drug-likeness (QED) is 0.723. The van der Waals surface area contributed by atoms with Gasteiger partial charge in [0, 0.05) is 12.1 Å². The molecule has 2 amide bonds. The van der Waals surface area contributed by atoms with Crippen molar-refractivity contribution in [3.8, 4) is 5.75 Å². The third kappa shape index (κ3) is 3.52. The van der Waals surface area contributed by atoms with E-state index in [0.717, 1.165) is 11.3 Å². The van der Waals surface area contributed by atoms with Gasteiger partial charge in [-0.25, -0.2) is 0 Å². The van der Waals surface area contributed by atoms with Crippen LogP contribution in [0.15, 0.2) is 18.2 Å². The minimum atomic E-state index is -0.904. The molecule has 0 saturated carbocycles. The molecule has 0 aliphatic carbocycles. The second-order valence-electron chi connectivity index (χ2n) is 5.38. The van der Waals surface area contributed by atoms with E-state index in [2.05, 4.69) is 10.6 Å². The number of fused-ring (bicyclic) bond motifs is 1. The summed E-state index contributed by atoms with van der Waals surface area (Å²) in [5.74, 6) is 0.245. The van der Waals surface area contributed by atoms with E-state index in [1.54, 1.807) is 13.0 Å². The highest BCUT2D eigenvalue weighted by Crippen LogP contribution is 2.27. The molecular formula is C15H21N3O3. The maximum atomic E-state index is 11.5. The number of carbonyl (C=O) groups is 2. The molecule has 21 heavy (non-hydrogen) atoms. The minimum absolute atomic E-state index is 0.0321. The van der Waals surface area contributed by atoms with Crippen molar-refractivity contribution >= 4 is 17.5 Å². The van der Waals surface area contributed by atoms with Gasteiger partial charge in [0.05, 0.1) is 0 Å². The van der Waals surface area contributed by atoms with Crippen molar-refractivity contribution in [2.24, 2.45) is 5.73 Å². The Bertz CT molecular complexity index is 559. The van der Waals surface area contributed by atoms with Crippen molar-refractivity contribution in [1.29, 1.82) is 0 Å². The van der Waals surface area contributed by atoms with Gasteiger partial charge in [-0.1, -0.05) is 6.92 Å². The van der Waals surface area contributed by atoms with Gasteiger partial charge >= 0.3 is 0 Å². The van der Waals surface area contributed by atoms with Gasteiger partial charge in [-0.3, -0.25) is 9.59 Å². The minimum Gasteiger partial charge on any atom is -0.491 e. The highest BCUT2D eigenvalue weighted by Gasteiger charge is 2.31. The molecule has 1 aliphatic heterocycles. The summed E-state index contributed by atoms with van der Waals surface area (Å²) >= 11 is 0. The molecule has 0 bridgehead atoms. The lowest BCUT2D eigenvalue weighted by Gasteiger charge is -2.27. The highest BCUT2D eigenvalue weighted by molar-refractivity contribution is 5.94. The van der Waals surface area contributed by atoms with E-state index in [0.29, 0.717) is 25.1 Å². The molecule has 0 fully saturated rings. The average Bonchev–Trinajstić information content (AvgIpc) is 2.45. The van der Waals surface area contributed by atoms with Gasteiger partial charge in [-0.2, -0.15) is 0 Å². The van der Waals surface area contributed by atoms with E-state index in [-0.39, 0.29) is 12.5 Å². The fourth-order valence-corrected chi connectivity index (χ4v) is 2.28. The summed E-state index contributed by atoms with van der Waals surface area (Å²) in [5, 5.41) is 5.86. The molecule has 4 N–H and O–H groups in total. The monoisotopic (exact) mass is 291 g/mol. The van der Waals surface area contributed by atoms with Gasteiger partial charge in [-0.05, 0) is 43.7 Å². The third-order valence-electron chi connectivity index (χ3n) is 3.61. The van der Waals surface area contributed by atoms with Gasteiger partial charge in [0.15, 0.2) is 0 Å². The van der Waals surface area contributed by atoms with Crippen LogP contribution in [0, 0.1) is 0 Å². The summed E-state index contributed by atoms with van der Waals surface area (Å²) in [7, 11) is 0. The second-order valence-corrected chi connectivity index (χ2v) is 5.38. The van der Waals surface area contributed by atoms with Crippen molar-refractivity contribution in [1.82, 2.24) is 5.32 Å². The van der Waals surface area contributed by atoms with Crippen LogP contribution in [-0.2, 0) is 16.0 Å². The summed E-state index contributed by atoms with van der Waals surface area (Å²) in [6.07, 6.45) is 1.17. The van der Waals surface area contributed by atoms with Gasteiger partial charge in [-0.15, -0.1) is 0 Å². The first kappa shape index (κ1) is 15.3. The smallest absolute Gasteiger partial charge is 0.240 e. The highest BCUT2D eigenvalue weighted by atomic mass is 16.5. The number of hydrogen-bond donors (Lipinski definition) is 3. The number of benzene rings is 1. The van der Waals surface area contributed by atoms with Crippen LogP contribution in [0.4, 0.5) is 5.69 Å². The summed E-state index contributed by atoms with van der Waals surface area (Å²) < 4.78 is 5.70. The first-order chi connectivity index (χ1) is 9.94. The average molecular weight is 291 g/mol. The molecule has 1 aromatic carbocycles. The SMILES string of the molecule is CCNC(C)(COc1ccc2c(c1)CCC(=O)N2)C(N)=O. The second kappa shape index (κ2) is 6.13. The zero-order valence-corrected chi connectivity index (χ0v) is 12.4. The fourth-order valence-electron chi connectivity index (χ4n) is 2.28. The van der Waals surface area contributed by atoms with E-state index in [4.69, 9.17) is 10.5 Å². The number of ether oxygens (including phenoxy) is 1. The molecule has 6 nitrogen and oxygen atoms in total. The predicted molar refractivity (Wildman–Crippen MR) is 80.2 cm³/mol. The van der Waals surface area contributed by atoms with Crippen LogP contribution in [0.1, 0.15) is 25.8 Å². The number of hydrogen-bond acceptors (Lipinski definition) is 4. The number of nitrogens with two attached hydrogens (primary N) is 1. The number of likely N-dealkylation sites (N-methyl/N-ethyl adjacent to an activating group) is 1. The van der Waals surface area contributed by atoms with Crippen LogP contribution in [0.3, 0.4) is 0 Å². The van der Waals surface area contributed by atoms with Crippen LogP contribution < -0.4 is 21.1 Å². The lowest BCUT2D eigenvalue weighted by atomic mass is 10.0. The van der Waals surface area contributed by atoms with E-state index in [1.165, 1.54) is 0 Å². The van der Waals surface area contributed by atoms with E-state index < -0.39 is 11.4 Å². The van der Waals surface area contributed by atoms with Crippen LogP contribution in [0.2, 0.25) is 0 Å². The molecule has 6 heteroatoms. The Morgan fingerprint density at radius 1 is 1.48 bits per heavy atom. The number of primary amides is 1. The summed E-state index contributed by atoms with van der Waals surface area (Å²) in [4.78, 5) is 22.8. The van der Waals surface area contributed by atoms with Crippen LogP contribution in [0.25, 0.3) is 0 Å². The molecule has 2 rings (SSSR count).